The molecule has 0 radical (unpaired) electrons. The maximum Gasteiger partial charge on any atom is 0.267 e. The van der Waals surface area contributed by atoms with Gasteiger partial charge in [-0.15, -0.1) is 0 Å². The van der Waals surface area contributed by atoms with E-state index in [0.29, 0.717) is 12.8 Å². The number of benzene rings is 1. The molecule has 1 aromatic carbocycles. The molecule has 37 heavy (non-hydrogen) atoms. The van der Waals surface area contributed by atoms with E-state index in [1.54, 1.807) is 6.92 Å². The molecule has 3 N–H and O–H groups in total. The van der Waals surface area contributed by atoms with Gasteiger partial charge in [0.25, 0.3) is 5.92 Å². The largest absolute Gasteiger partial charge is 0.370 e. The molecule has 1 unspecified atom stereocenters. The van der Waals surface area contributed by atoms with Crippen LogP contribution in [0, 0.1) is 12.8 Å². The zero-order chi connectivity index (χ0) is 27.8. The molecule has 3 amide bonds. The van der Waals surface area contributed by atoms with E-state index in [4.69, 9.17) is 5.73 Å². The van der Waals surface area contributed by atoms with E-state index in [0.717, 1.165) is 28.0 Å². The molecule has 0 spiro atoms. The Labute approximate surface area is 217 Å². The van der Waals surface area contributed by atoms with Crippen molar-refractivity contribution in [3.63, 3.8) is 0 Å². The Morgan fingerprint density at radius 2 is 1.84 bits per heavy atom. The van der Waals surface area contributed by atoms with E-state index in [1.165, 1.54) is 6.08 Å². The smallest absolute Gasteiger partial charge is 0.267 e. The fourth-order valence-corrected chi connectivity index (χ4v) is 4.49. The number of likely N-dealkylation sites (tertiary alicyclic amines) is 1. The summed E-state index contributed by atoms with van der Waals surface area (Å²) in [7, 11) is 0. The average Bonchev–Trinajstić information content (AvgIpc) is 3.15. The molecule has 9 heteroatoms. The third kappa shape index (κ3) is 9.37. The number of allylic oxidation sites excluding steroid dienone is 2. The maximum absolute atomic E-state index is 14.4. The number of alkyl halides is 2. The number of ketones is 1. The zero-order valence-electron chi connectivity index (χ0n) is 22.2. The van der Waals surface area contributed by atoms with Crippen molar-refractivity contribution in [3.8, 4) is 0 Å². The lowest BCUT2D eigenvalue weighted by Crippen LogP contribution is -2.50. The number of rotatable bonds is 13. The Bertz CT molecular complexity index is 1010. The number of nitrogens with one attached hydrogen (secondary N) is 1. The van der Waals surface area contributed by atoms with Crippen LogP contribution < -0.4 is 11.1 Å². The number of nitrogens with zero attached hydrogens (tertiary/aromatic N) is 1. The first kappa shape index (κ1) is 30.1. The number of unbranched alkanes of at least 4 members (excludes halogenated alkanes) is 1. The van der Waals surface area contributed by atoms with Crippen molar-refractivity contribution >= 4 is 29.1 Å². The summed E-state index contributed by atoms with van der Waals surface area (Å²) in [6, 6.07) is 5.89. The fourth-order valence-electron chi connectivity index (χ4n) is 4.49. The number of hydrogen-bond donors (Lipinski definition) is 2. The highest BCUT2D eigenvalue weighted by Crippen LogP contribution is 2.34. The Morgan fingerprint density at radius 1 is 1.19 bits per heavy atom. The summed E-state index contributed by atoms with van der Waals surface area (Å²) in [6.45, 7) is 6.50. The number of primary amides is 1. The minimum absolute atomic E-state index is 0.0433. The van der Waals surface area contributed by atoms with E-state index >= 15 is 0 Å². The normalized spacial score (nSPS) is 18.8. The van der Waals surface area contributed by atoms with Crippen molar-refractivity contribution < 1.29 is 28.0 Å². The predicted molar refractivity (Wildman–Crippen MR) is 139 cm³/mol. The third-order valence-corrected chi connectivity index (χ3v) is 6.66. The standard InChI is InChI=1S/C28H39F2N3O4/c1-5-6-7-22(15-23(34)14-19(3)21-11-8-18(2)9-12-21)27(37)33-17-28(29,30)16-24(33)26(36)32-20(4)10-13-25(31)35/h8-9,11-12,14,20,22,24H,5-7,10,13,15-17H2,1-4H3,(H2,31,35)(H,32,36)/b19-14+/t20-,22?,24+/m1/s1. The van der Waals surface area contributed by atoms with Crippen LogP contribution in [0.15, 0.2) is 30.3 Å². The number of carbonyl (C=O) groups excluding carboxylic acids is 4. The molecule has 1 fully saturated rings. The first-order valence-electron chi connectivity index (χ1n) is 12.9. The summed E-state index contributed by atoms with van der Waals surface area (Å²) in [6.07, 6.45) is 2.68. The SMILES string of the molecule is CCCCC(CC(=O)/C=C(\C)c1ccc(C)cc1)C(=O)N1CC(F)(F)C[C@H]1C(=O)N[C@H](C)CCC(N)=O. The van der Waals surface area contributed by atoms with Crippen molar-refractivity contribution in [2.24, 2.45) is 11.7 Å². The number of amides is 3. The van der Waals surface area contributed by atoms with Gasteiger partial charge in [-0.25, -0.2) is 8.78 Å². The molecule has 0 aromatic heterocycles. The maximum atomic E-state index is 14.4. The minimum atomic E-state index is -3.21. The zero-order valence-corrected chi connectivity index (χ0v) is 22.2. The summed E-state index contributed by atoms with van der Waals surface area (Å²) < 4.78 is 28.8. The number of hydrogen-bond acceptors (Lipinski definition) is 4. The van der Waals surface area contributed by atoms with Gasteiger partial charge in [0, 0.05) is 31.2 Å². The lowest BCUT2D eigenvalue weighted by atomic mass is 9.93. The van der Waals surface area contributed by atoms with Gasteiger partial charge in [0.15, 0.2) is 5.78 Å². The first-order valence-corrected chi connectivity index (χ1v) is 12.9. The second-order valence-electron chi connectivity index (χ2n) is 10.2. The van der Waals surface area contributed by atoms with Crippen LogP contribution in [0.5, 0.6) is 0 Å². The van der Waals surface area contributed by atoms with Crippen LogP contribution in [0.3, 0.4) is 0 Å². The summed E-state index contributed by atoms with van der Waals surface area (Å²) >= 11 is 0. The lowest BCUT2D eigenvalue weighted by Gasteiger charge is -2.28. The van der Waals surface area contributed by atoms with Crippen LogP contribution in [-0.2, 0) is 19.2 Å². The van der Waals surface area contributed by atoms with Gasteiger partial charge >= 0.3 is 0 Å². The van der Waals surface area contributed by atoms with E-state index < -0.39 is 54.6 Å². The number of carbonyl (C=O) groups is 4. The van der Waals surface area contributed by atoms with Gasteiger partial charge in [0.05, 0.1) is 6.54 Å². The van der Waals surface area contributed by atoms with Crippen molar-refractivity contribution in [1.82, 2.24) is 10.2 Å². The number of aryl methyl sites for hydroxylation is 1. The molecule has 1 heterocycles. The van der Waals surface area contributed by atoms with Gasteiger partial charge in [-0.3, -0.25) is 19.2 Å². The summed E-state index contributed by atoms with van der Waals surface area (Å²) in [5.74, 6) is -6.11. The number of halogens is 2. The molecule has 1 saturated heterocycles. The molecule has 1 aliphatic heterocycles. The lowest BCUT2D eigenvalue weighted by molar-refractivity contribution is -0.143. The molecule has 3 atom stereocenters. The van der Waals surface area contributed by atoms with Crippen molar-refractivity contribution in [2.45, 2.75) is 90.6 Å². The quantitative estimate of drug-likeness (QED) is 0.381. The average molecular weight is 520 g/mol. The van der Waals surface area contributed by atoms with Gasteiger partial charge < -0.3 is 16.0 Å². The molecule has 0 bridgehead atoms. The monoisotopic (exact) mass is 519 g/mol. The van der Waals surface area contributed by atoms with E-state index in [-0.39, 0.29) is 25.0 Å². The Hall–Kier alpha value is -3.10. The molecule has 7 nitrogen and oxygen atoms in total. The Balaban J connectivity index is 2.17. The van der Waals surface area contributed by atoms with Crippen molar-refractivity contribution in [3.05, 3.63) is 41.5 Å². The van der Waals surface area contributed by atoms with Gasteiger partial charge in [-0.05, 0) is 50.8 Å². The summed E-state index contributed by atoms with van der Waals surface area (Å²) in [5, 5.41) is 2.62. The summed E-state index contributed by atoms with van der Waals surface area (Å²) in [5.41, 5.74) is 7.87. The highest BCUT2D eigenvalue weighted by molar-refractivity contribution is 5.99. The van der Waals surface area contributed by atoms with Gasteiger partial charge in [-0.2, -0.15) is 0 Å². The van der Waals surface area contributed by atoms with Gasteiger partial charge in [-0.1, -0.05) is 49.6 Å². The van der Waals surface area contributed by atoms with Crippen LogP contribution in [0.2, 0.25) is 0 Å². The molecule has 204 valence electrons. The fraction of sp³-hybridized carbons (Fsp3) is 0.571. The van der Waals surface area contributed by atoms with E-state index in [9.17, 15) is 28.0 Å². The van der Waals surface area contributed by atoms with E-state index in [2.05, 4.69) is 5.32 Å². The molecule has 1 aromatic rings. The Morgan fingerprint density at radius 3 is 2.43 bits per heavy atom. The van der Waals surface area contributed by atoms with Crippen LogP contribution >= 0.6 is 0 Å². The number of nitrogens with two attached hydrogens (primary N) is 1. The predicted octanol–water partition coefficient (Wildman–Crippen LogP) is 4.17. The van der Waals surface area contributed by atoms with Crippen LogP contribution in [0.25, 0.3) is 5.57 Å². The second-order valence-corrected chi connectivity index (χ2v) is 10.2. The molecule has 2 rings (SSSR count). The van der Waals surface area contributed by atoms with Gasteiger partial charge in [0.2, 0.25) is 17.7 Å². The topological polar surface area (TPSA) is 110 Å². The summed E-state index contributed by atoms with van der Waals surface area (Å²) in [4.78, 5) is 51.1. The molecule has 0 aliphatic carbocycles. The first-order chi connectivity index (χ1) is 17.3. The van der Waals surface area contributed by atoms with Crippen molar-refractivity contribution in [1.29, 1.82) is 0 Å². The van der Waals surface area contributed by atoms with Crippen LogP contribution in [0.4, 0.5) is 8.78 Å². The van der Waals surface area contributed by atoms with Gasteiger partial charge in [0.1, 0.15) is 6.04 Å². The van der Waals surface area contributed by atoms with E-state index in [1.807, 2.05) is 45.0 Å². The molecule has 0 saturated carbocycles. The molecule has 1 aliphatic rings. The highest BCUT2D eigenvalue weighted by Gasteiger charge is 2.51. The second kappa shape index (κ2) is 13.4. The minimum Gasteiger partial charge on any atom is -0.370 e. The van der Waals surface area contributed by atoms with Crippen LogP contribution in [-0.4, -0.2) is 53.0 Å². The molecular formula is C28H39F2N3O4. The third-order valence-electron chi connectivity index (χ3n) is 6.66. The van der Waals surface area contributed by atoms with Crippen LogP contribution in [0.1, 0.15) is 76.8 Å². The Kier molecular flexibility index (Phi) is 10.9. The highest BCUT2D eigenvalue weighted by atomic mass is 19.3. The van der Waals surface area contributed by atoms with Crippen molar-refractivity contribution in [2.75, 3.05) is 6.54 Å². The molecular weight excluding hydrogens is 480 g/mol.